The van der Waals surface area contributed by atoms with Crippen LogP contribution in [0.5, 0.6) is 0 Å². The summed E-state index contributed by atoms with van der Waals surface area (Å²) < 4.78 is 1.24. The lowest BCUT2D eigenvalue weighted by molar-refractivity contribution is 0.462. The molecule has 0 aromatic carbocycles. The van der Waals surface area contributed by atoms with Crippen molar-refractivity contribution in [3.8, 4) is 0 Å². The van der Waals surface area contributed by atoms with Crippen molar-refractivity contribution in [1.29, 1.82) is 0 Å². The zero-order chi connectivity index (χ0) is 11.8. The zero-order valence-electron chi connectivity index (χ0n) is 10.3. The first-order chi connectivity index (χ1) is 8.29. The third-order valence-electron chi connectivity index (χ3n) is 4.60. The van der Waals surface area contributed by atoms with Gasteiger partial charge in [0.2, 0.25) is 0 Å². The molecule has 1 N–H and O–H groups in total. The first kappa shape index (κ1) is 12.2. The van der Waals surface area contributed by atoms with Crippen molar-refractivity contribution in [2.45, 2.75) is 38.1 Å². The number of hydrogen-bond acceptors (Lipinski definition) is 2. The minimum atomic E-state index is 0.702. The van der Waals surface area contributed by atoms with Gasteiger partial charge in [-0.2, -0.15) is 0 Å². The Kier molecular flexibility index (Phi) is 3.60. The van der Waals surface area contributed by atoms with Gasteiger partial charge in [-0.1, -0.05) is 12.8 Å². The maximum absolute atomic E-state index is 3.57. The van der Waals surface area contributed by atoms with E-state index in [0.717, 1.165) is 17.8 Å². The van der Waals surface area contributed by atoms with Crippen LogP contribution in [-0.2, 0) is 6.42 Å². The van der Waals surface area contributed by atoms with Gasteiger partial charge < -0.3 is 5.32 Å². The Morgan fingerprint density at radius 2 is 2.12 bits per heavy atom. The molecule has 3 atom stereocenters. The quantitative estimate of drug-likeness (QED) is 0.883. The van der Waals surface area contributed by atoms with Crippen LogP contribution in [0.25, 0.3) is 0 Å². The van der Waals surface area contributed by atoms with Gasteiger partial charge in [0, 0.05) is 20.8 Å². The summed E-state index contributed by atoms with van der Waals surface area (Å²) in [6.45, 7) is 0. The first-order valence-corrected chi connectivity index (χ1v) is 8.37. The summed E-state index contributed by atoms with van der Waals surface area (Å²) in [5.41, 5.74) is 0. The lowest BCUT2D eigenvalue weighted by atomic mass is 10.0. The third kappa shape index (κ3) is 2.47. The van der Waals surface area contributed by atoms with Crippen molar-refractivity contribution in [1.82, 2.24) is 5.32 Å². The van der Waals surface area contributed by atoms with Crippen LogP contribution in [0, 0.1) is 17.8 Å². The van der Waals surface area contributed by atoms with E-state index in [4.69, 9.17) is 0 Å². The van der Waals surface area contributed by atoms with Crippen molar-refractivity contribution >= 4 is 27.3 Å². The average Bonchev–Trinajstić information content (AvgIpc) is 2.93. The number of thiophene rings is 1. The normalized spacial score (nSPS) is 33.2. The molecular formula is C14H20BrNS. The first-order valence-electron chi connectivity index (χ1n) is 6.70. The Balaban J connectivity index is 1.64. The van der Waals surface area contributed by atoms with Crippen LogP contribution in [0.2, 0.25) is 0 Å². The average molecular weight is 314 g/mol. The van der Waals surface area contributed by atoms with Crippen molar-refractivity contribution in [3.05, 3.63) is 20.8 Å². The smallest absolute Gasteiger partial charge is 0.0285 e. The molecule has 0 amide bonds. The molecule has 0 aliphatic heterocycles. The minimum absolute atomic E-state index is 0.702. The Morgan fingerprint density at radius 1 is 1.41 bits per heavy atom. The summed E-state index contributed by atoms with van der Waals surface area (Å²) in [5.74, 6) is 3.05. The largest absolute Gasteiger partial charge is 0.316 e. The van der Waals surface area contributed by atoms with Gasteiger partial charge in [-0.25, -0.2) is 0 Å². The summed E-state index contributed by atoms with van der Waals surface area (Å²) in [7, 11) is 2.14. The van der Waals surface area contributed by atoms with Gasteiger partial charge in [-0.15, -0.1) is 11.3 Å². The van der Waals surface area contributed by atoms with Crippen LogP contribution in [0.1, 0.15) is 30.6 Å². The topological polar surface area (TPSA) is 12.0 Å². The Labute approximate surface area is 116 Å². The number of hydrogen-bond donors (Lipinski definition) is 1. The molecule has 94 valence electrons. The summed E-state index contributed by atoms with van der Waals surface area (Å²) in [5, 5.41) is 5.77. The number of nitrogens with one attached hydrogen (secondary N) is 1. The maximum Gasteiger partial charge on any atom is 0.0285 e. The van der Waals surface area contributed by atoms with Gasteiger partial charge in [0.25, 0.3) is 0 Å². The molecule has 1 aromatic rings. The van der Waals surface area contributed by atoms with E-state index < -0.39 is 0 Å². The third-order valence-corrected chi connectivity index (χ3v) is 6.32. The van der Waals surface area contributed by atoms with Gasteiger partial charge in [-0.3, -0.25) is 0 Å². The second-order valence-corrected chi connectivity index (χ2v) is 7.43. The molecule has 0 spiro atoms. The Bertz CT molecular complexity index is 377. The van der Waals surface area contributed by atoms with E-state index >= 15 is 0 Å². The molecule has 17 heavy (non-hydrogen) atoms. The fraction of sp³-hybridized carbons (Fsp3) is 0.714. The molecule has 1 nitrogen and oxygen atoms in total. The molecular weight excluding hydrogens is 294 g/mol. The number of likely N-dealkylation sites (N-methyl/N-ethyl adjacent to an activating group) is 1. The number of halogens is 1. The zero-order valence-corrected chi connectivity index (χ0v) is 12.7. The molecule has 0 bridgehead atoms. The van der Waals surface area contributed by atoms with Crippen LogP contribution in [-0.4, -0.2) is 13.1 Å². The Morgan fingerprint density at radius 3 is 2.65 bits per heavy atom. The van der Waals surface area contributed by atoms with Crippen molar-refractivity contribution < 1.29 is 0 Å². The molecule has 2 aliphatic rings. The van der Waals surface area contributed by atoms with Gasteiger partial charge in [0.05, 0.1) is 0 Å². The predicted molar refractivity (Wildman–Crippen MR) is 77.5 cm³/mol. The highest BCUT2D eigenvalue weighted by molar-refractivity contribution is 9.10. The number of rotatable bonds is 4. The SMILES string of the molecule is CNC(Cc1cc(Br)cs1)C1C2CCCCC21. The van der Waals surface area contributed by atoms with Crippen LogP contribution < -0.4 is 5.32 Å². The van der Waals surface area contributed by atoms with E-state index in [1.165, 1.54) is 41.5 Å². The molecule has 2 saturated carbocycles. The van der Waals surface area contributed by atoms with Crippen LogP contribution in [0.15, 0.2) is 15.9 Å². The fourth-order valence-electron chi connectivity index (χ4n) is 3.75. The minimum Gasteiger partial charge on any atom is -0.316 e. The Hall–Kier alpha value is 0.140. The highest BCUT2D eigenvalue weighted by Gasteiger charge is 2.53. The molecule has 2 aliphatic carbocycles. The van der Waals surface area contributed by atoms with Gasteiger partial charge >= 0.3 is 0 Å². The van der Waals surface area contributed by atoms with Crippen molar-refractivity contribution in [3.63, 3.8) is 0 Å². The van der Waals surface area contributed by atoms with Gasteiger partial charge in [0.15, 0.2) is 0 Å². The lowest BCUT2D eigenvalue weighted by Gasteiger charge is -2.15. The van der Waals surface area contributed by atoms with Gasteiger partial charge in [0.1, 0.15) is 0 Å². The molecule has 0 radical (unpaired) electrons. The molecule has 1 aromatic heterocycles. The van der Waals surface area contributed by atoms with E-state index in [1.54, 1.807) is 0 Å². The highest BCUT2D eigenvalue weighted by atomic mass is 79.9. The monoisotopic (exact) mass is 313 g/mol. The summed E-state index contributed by atoms with van der Waals surface area (Å²) >= 11 is 5.43. The van der Waals surface area contributed by atoms with E-state index in [2.05, 4.69) is 39.7 Å². The van der Waals surface area contributed by atoms with E-state index in [1.807, 2.05) is 11.3 Å². The highest BCUT2D eigenvalue weighted by Crippen LogP contribution is 2.57. The van der Waals surface area contributed by atoms with E-state index in [-0.39, 0.29) is 0 Å². The molecule has 3 unspecified atom stereocenters. The van der Waals surface area contributed by atoms with Crippen molar-refractivity contribution in [2.24, 2.45) is 17.8 Å². The van der Waals surface area contributed by atoms with Crippen LogP contribution in [0.3, 0.4) is 0 Å². The van der Waals surface area contributed by atoms with Gasteiger partial charge in [-0.05, 0) is 66.1 Å². The fourth-order valence-corrected chi connectivity index (χ4v) is 5.26. The summed E-state index contributed by atoms with van der Waals surface area (Å²) in [6, 6.07) is 2.98. The van der Waals surface area contributed by atoms with Crippen molar-refractivity contribution in [2.75, 3.05) is 7.05 Å². The van der Waals surface area contributed by atoms with Crippen LogP contribution in [0.4, 0.5) is 0 Å². The second-order valence-electron chi connectivity index (χ2n) is 5.52. The molecule has 3 rings (SSSR count). The van der Waals surface area contributed by atoms with Crippen LogP contribution >= 0.6 is 27.3 Å². The second kappa shape index (κ2) is 5.02. The number of fused-ring (bicyclic) bond motifs is 1. The maximum atomic E-state index is 3.57. The molecule has 3 heteroatoms. The molecule has 1 heterocycles. The summed E-state index contributed by atoms with van der Waals surface area (Å²) in [6.07, 6.45) is 7.13. The molecule has 2 fully saturated rings. The predicted octanol–water partition coefficient (Wildman–Crippen LogP) is 4.08. The molecule has 0 saturated heterocycles. The standard InChI is InChI=1S/C14H20BrNS/c1-16-13(7-10-6-9(15)8-17-10)14-11-4-2-3-5-12(11)14/h6,8,11-14,16H,2-5,7H2,1H3. The van der Waals surface area contributed by atoms with E-state index in [9.17, 15) is 0 Å². The summed E-state index contributed by atoms with van der Waals surface area (Å²) in [4.78, 5) is 1.51. The van der Waals surface area contributed by atoms with E-state index in [0.29, 0.717) is 6.04 Å². The lowest BCUT2D eigenvalue weighted by Crippen LogP contribution is -2.30.